The van der Waals surface area contributed by atoms with Gasteiger partial charge in [0.15, 0.2) is 0 Å². The molecule has 0 aliphatic carbocycles. The Kier molecular flexibility index (Phi) is 23.5. The Balaban J connectivity index is -0.000000108. The summed E-state index contributed by atoms with van der Waals surface area (Å²) in [6, 6.07) is 0. The van der Waals surface area contributed by atoms with Crippen LogP contribution in [0.2, 0.25) is 0 Å². The summed E-state index contributed by atoms with van der Waals surface area (Å²) in [5.74, 6) is 0. The van der Waals surface area contributed by atoms with Crippen LogP contribution in [0.3, 0.4) is 0 Å². The monoisotopic (exact) mass is 321 g/mol. The number of hydrogen-bond donors (Lipinski definition) is 3. The summed E-state index contributed by atoms with van der Waals surface area (Å²) < 4.78 is 0. The summed E-state index contributed by atoms with van der Waals surface area (Å²) in [6.07, 6.45) is 0. The van der Waals surface area contributed by atoms with E-state index in [2.05, 4.69) is 34.6 Å². The first kappa shape index (κ1) is 26.9. The Labute approximate surface area is 133 Å². The maximum atomic E-state index is 8.36. The Morgan fingerprint density at radius 3 is 0.950 bits per heavy atom. The molecule has 0 aromatic heterocycles. The maximum absolute atomic E-state index is 8.36. The molecule has 3 N–H and O–H groups in total. The van der Waals surface area contributed by atoms with E-state index in [-0.39, 0.29) is 41.1 Å². The molecule has 0 aliphatic rings. The molecule has 0 aliphatic heterocycles. The first-order valence-electron chi connectivity index (χ1n) is 5.23. The van der Waals surface area contributed by atoms with Crippen molar-refractivity contribution >= 4 is 19.4 Å². The number of hydrogen-bond acceptors (Lipinski definition) is 3. The van der Waals surface area contributed by atoms with Gasteiger partial charge in [0.25, 0.3) is 19.4 Å². The van der Waals surface area contributed by atoms with E-state index in [1.807, 2.05) is 0 Å². The quantitative estimate of drug-likeness (QED) is 0.383. The van der Waals surface area contributed by atoms with Crippen LogP contribution >= 0.6 is 0 Å². The molecular weight excluding hydrogens is 300 g/mol. The first-order valence-corrected chi connectivity index (χ1v) is 5.23. The van der Waals surface area contributed by atoms with E-state index >= 15 is 0 Å². The summed E-state index contributed by atoms with van der Waals surface area (Å²) in [4.78, 5) is 25.1. The van der Waals surface area contributed by atoms with Crippen LogP contribution in [0.4, 0.5) is 0 Å². The molecule has 0 heterocycles. The maximum Gasteiger partial charge on any atom is 0.290 e. The zero-order chi connectivity index (χ0) is 16.0. The summed E-state index contributed by atoms with van der Waals surface area (Å²) in [7, 11) is 0. The van der Waals surface area contributed by atoms with E-state index in [1.54, 1.807) is 0 Å². The average Bonchev–Trinajstić information content (AvgIpc) is 2.51. The standard InChI is InChI=1S/C10H15.3CH2O2.Ti/c1-6-7(2)9(4)10(5)8(6)3;3*2-1-3;/h1-5H3;3*1H,(H,2,3);/q-1;;;;. The van der Waals surface area contributed by atoms with Gasteiger partial charge in [0.2, 0.25) is 0 Å². The second-order valence-corrected chi connectivity index (χ2v) is 3.44. The smallest absolute Gasteiger partial charge is 0.290 e. The third kappa shape index (κ3) is 11.6. The van der Waals surface area contributed by atoms with E-state index in [1.165, 1.54) is 27.8 Å². The molecule has 114 valence electrons. The van der Waals surface area contributed by atoms with Gasteiger partial charge in [-0.2, -0.15) is 27.8 Å². The summed E-state index contributed by atoms with van der Waals surface area (Å²) in [5.41, 5.74) is 7.34. The van der Waals surface area contributed by atoms with Crippen molar-refractivity contribution in [2.24, 2.45) is 0 Å². The molecule has 1 aromatic carbocycles. The van der Waals surface area contributed by atoms with Gasteiger partial charge < -0.3 is 15.3 Å². The third-order valence-corrected chi connectivity index (χ3v) is 2.81. The minimum absolute atomic E-state index is 0. The molecule has 0 radical (unpaired) electrons. The van der Waals surface area contributed by atoms with Crippen LogP contribution in [0.15, 0.2) is 0 Å². The normalized spacial score (nSPS) is 7.05. The van der Waals surface area contributed by atoms with Crippen molar-refractivity contribution in [2.75, 3.05) is 0 Å². The molecule has 0 fully saturated rings. The Morgan fingerprint density at radius 1 is 0.750 bits per heavy atom. The minimum atomic E-state index is -0.250. The molecule has 0 atom stereocenters. The largest absolute Gasteiger partial charge is 0.483 e. The fourth-order valence-corrected chi connectivity index (χ4v) is 1.41. The molecule has 0 unspecified atom stereocenters. The molecule has 0 spiro atoms. The molecule has 6 nitrogen and oxygen atoms in total. The Hall–Kier alpha value is -1.53. The van der Waals surface area contributed by atoms with Crippen molar-refractivity contribution in [3.8, 4) is 0 Å². The fourth-order valence-electron chi connectivity index (χ4n) is 1.41. The molecule has 0 amide bonds. The Bertz CT molecular complexity index is 290. The van der Waals surface area contributed by atoms with E-state index in [9.17, 15) is 0 Å². The number of carbonyl (C=O) groups is 3. The predicted molar refractivity (Wildman–Crippen MR) is 71.8 cm³/mol. The van der Waals surface area contributed by atoms with Crippen LogP contribution in [-0.4, -0.2) is 34.7 Å². The van der Waals surface area contributed by atoms with Crippen LogP contribution in [0.5, 0.6) is 0 Å². The topological polar surface area (TPSA) is 112 Å². The summed E-state index contributed by atoms with van der Waals surface area (Å²) in [6.45, 7) is 10.2. The zero-order valence-corrected chi connectivity index (χ0v) is 13.9. The van der Waals surface area contributed by atoms with Crippen LogP contribution in [0.1, 0.15) is 27.8 Å². The summed E-state index contributed by atoms with van der Waals surface area (Å²) >= 11 is 0. The van der Waals surface area contributed by atoms with Crippen LogP contribution in [0, 0.1) is 34.6 Å². The molecule has 0 saturated heterocycles. The second-order valence-electron chi connectivity index (χ2n) is 3.44. The fraction of sp³-hybridized carbons (Fsp3) is 0.385. The van der Waals surface area contributed by atoms with Crippen molar-refractivity contribution in [1.82, 2.24) is 0 Å². The molecule has 0 saturated carbocycles. The molecule has 1 aromatic rings. The van der Waals surface area contributed by atoms with Crippen LogP contribution < -0.4 is 0 Å². The van der Waals surface area contributed by atoms with Gasteiger partial charge in [-0.25, -0.2) is 0 Å². The van der Waals surface area contributed by atoms with Crippen molar-refractivity contribution in [3.05, 3.63) is 27.8 Å². The van der Waals surface area contributed by atoms with Crippen molar-refractivity contribution in [3.63, 3.8) is 0 Å². The van der Waals surface area contributed by atoms with Gasteiger partial charge >= 0.3 is 0 Å². The second kappa shape index (κ2) is 17.5. The van der Waals surface area contributed by atoms with Crippen LogP contribution in [-0.2, 0) is 36.1 Å². The average molecular weight is 321 g/mol. The number of rotatable bonds is 0. The predicted octanol–water partition coefficient (Wildman–Crippen LogP) is 2.05. The van der Waals surface area contributed by atoms with E-state index in [4.69, 9.17) is 29.7 Å². The third-order valence-electron chi connectivity index (χ3n) is 2.81. The van der Waals surface area contributed by atoms with Gasteiger partial charge in [-0.3, -0.25) is 14.4 Å². The molecule has 0 bridgehead atoms. The van der Waals surface area contributed by atoms with E-state index < -0.39 is 0 Å². The SMILES string of the molecule is Cc1c(C)c(C)[c-](C)c1C.O=CO.O=CO.O=CO.[Ti]. The van der Waals surface area contributed by atoms with E-state index in [0.29, 0.717) is 0 Å². The molecule has 1 rings (SSSR count). The van der Waals surface area contributed by atoms with E-state index in [0.717, 1.165) is 0 Å². The summed E-state index contributed by atoms with van der Waals surface area (Å²) in [5, 5.41) is 20.7. The van der Waals surface area contributed by atoms with Crippen LogP contribution in [0.25, 0.3) is 0 Å². The van der Waals surface area contributed by atoms with Gasteiger partial charge in [0.1, 0.15) is 0 Å². The zero-order valence-electron chi connectivity index (χ0n) is 12.3. The molecule has 20 heavy (non-hydrogen) atoms. The number of carboxylic acid groups (broad SMARTS) is 3. The first-order chi connectivity index (χ1) is 8.80. The van der Waals surface area contributed by atoms with Gasteiger partial charge in [-0.05, 0) is 0 Å². The van der Waals surface area contributed by atoms with Crippen molar-refractivity contribution < 1.29 is 51.4 Å². The molecular formula is C13H21O6Ti-. The van der Waals surface area contributed by atoms with Crippen molar-refractivity contribution in [2.45, 2.75) is 34.6 Å². The van der Waals surface area contributed by atoms with Gasteiger partial charge in [-0.15, -0.1) is 0 Å². The molecule has 7 heteroatoms. The van der Waals surface area contributed by atoms with Gasteiger partial charge in [-0.1, -0.05) is 34.6 Å². The van der Waals surface area contributed by atoms with Gasteiger partial charge in [0.05, 0.1) is 0 Å². The Morgan fingerprint density at radius 2 is 0.900 bits per heavy atom. The van der Waals surface area contributed by atoms with Gasteiger partial charge in [0, 0.05) is 21.7 Å². The van der Waals surface area contributed by atoms with Crippen molar-refractivity contribution in [1.29, 1.82) is 0 Å². The minimum Gasteiger partial charge on any atom is -0.483 e.